The van der Waals surface area contributed by atoms with Crippen molar-refractivity contribution >= 4 is 11.6 Å². The van der Waals surface area contributed by atoms with E-state index >= 15 is 0 Å². The van der Waals surface area contributed by atoms with E-state index in [4.69, 9.17) is 16.3 Å². The molecule has 0 aliphatic heterocycles. The van der Waals surface area contributed by atoms with E-state index in [1.807, 2.05) is 6.92 Å². The fourth-order valence-corrected chi connectivity index (χ4v) is 3.00. The summed E-state index contributed by atoms with van der Waals surface area (Å²) in [5, 5.41) is 15.5. The van der Waals surface area contributed by atoms with Crippen LogP contribution < -0.4 is 0 Å². The fourth-order valence-electron chi connectivity index (χ4n) is 2.68. The standard InChI is InChI=1S/C12H19ClN2O2/c1-3-15-11(10(13)8-14-15)12(16)6-4-5-9(7-12)17-2/h8-9,16H,3-7H2,1-2H3. The van der Waals surface area contributed by atoms with Crippen molar-refractivity contribution in [2.45, 2.75) is 50.9 Å². The molecular weight excluding hydrogens is 240 g/mol. The Hall–Kier alpha value is -0.580. The molecule has 0 amide bonds. The summed E-state index contributed by atoms with van der Waals surface area (Å²) in [7, 11) is 1.69. The molecule has 4 nitrogen and oxygen atoms in total. The topological polar surface area (TPSA) is 47.3 Å². The molecule has 0 bridgehead atoms. The molecule has 1 fully saturated rings. The summed E-state index contributed by atoms with van der Waals surface area (Å²) in [5.74, 6) is 0. The third kappa shape index (κ3) is 2.34. The molecule has 0 spiro atoms. The van der Waals surface area contributed by atoms with Crippen molar-refractivity contribution < 1.29 is 9.84 Å². The van der Waals surface area contributed by atoms with Gasteiger partial charge in [0.15, 0.2) is 0 Å². The number of methoxy groups -OCH3 is 1. The lowest BCUT2D eigenvalue weighted by molar-refractivity contribution is -0.0680. The van der Waals surface area contributed by atoms with Crippen molar-refractivity contribution in [3.63, 3.8) is 0 Å². The first kappa shape index (κ1) is 12.9. The van der Waals surface area contributed by atoms with Crippen LogP contribution in [-0.2, 0) is 16.9 Å². The molecule has 1 N–H and O–H groups in total. The second-order valence-electron chi connectivity index (χ2n) is 4.64. The number of halogens is 1. The quantitative estimate of drug-likeness (QED) is 0.905. The zero-order valence-corrected chi connectivity index (χ0v) is 11.1. The van der Waals surface area contributed by atoms with Crippen LogP contribution >= 0.6 is 11.6 Å². The second-order valence-corrected chi connectivity index (χ2v) is 5.05. The average molecular weight is 259 g/mol. The monoisotopic (exact) mass is 258 g/mol. The van der Waals surface area contributed by atoms with E-state index in [0.29, 0.717) is 18.0 Å². The van der Waals surface area contributed by atoms with Crippen molar-refractivity contribution in [2.75, 3.05) is 7.11 Å². The van der Waals surface area contributed by atoms with Crippen molar-refractivity contribution in [1.82, 2.24) is 9.78 Å². The maximum Gasteiger partial charge on any atom is 0.110 e. The Labute approximate surface area is 107 Å². The number of aromatic nitrogens is 2. The van der Waals surface area contributed by atoms with Crippen molar-refractivity contribution in [2.24, 2.45) is 0 Å². The van der Waals surface area contributed by atoms with E-state index in [2.05, 4.69) is 5.10 Å². The maximum atomic E-state index is 10.8. The second kappa shape index (κ2) is 4.96. The molecule has 1 aromatic heterocycles. The molecule has 1 aliphatic rings. The Bertz CT molecular complexity index is 394. The number of nitrogens with zero attached hydrogens (tertiary/aromatic N) is 2. The molecule has 1 saturated carbocycles. The summed E-state index contributed by atoms with van der Waals surface area (Å²) in [6.45, 7) is 2.70. The Morgan fingerprint density at radius 2 is 2.47 bits per heavy atom. The highest BCUT2D eigenvalue weighted by Crippen LogP contribution is 2.40. The van der Waals surface area contributed by atoms with E-state index in [1.54, 1.807) is 18.0 Å². The highest BCUT2D eigenvalue weighted by atomic mass is 35.5. The van der Waals surface area contributed by atoms with Crippen LogP contribution in [0.5, 0.6) is 0 Å². The average Bonchev–Trinajstić information content (AvgIpc) is 2.71. The molecule has 17 heavy (non-hydrogen) atoms. The van der Waals surface area contributed by atoms with Gasteiger partial charge in [0.2, 0.25) is 0 Å². The lowest BCUT2D eigenvalue weighted by Gasteiger charge is -2.36. The van der Waals surface area contributed by atoms with E-state index in [9.17, 15) is 5.11 Å². The Kier molecular flexibility index (Phi) is 3.76. The molecule has 5 heteroatoms. The van der Waals surface area contributed by atoms with Gasteiger partial charge in [-0.15, -0.1) is 0 Å². The molecule has 1 aliphatic carbocycles. The van der Waals surface area contributed by atoms with Gasteiger partial charge in [0.05, 0.1) is 23.0 Å². The lowest BCUT2D eigenvalue weighted by Crippen LogP contribution is -2.38. The maximum absolute atomic E-state index is 10.8. The van der Waals surface area contributed by atoms with Gasteiger partial charge < -0.3 is 9.84 Å². The lowest BCUT2D eigenvalue weighted by atomic mass is 9.80. The largest absolute Gasteiger partial charge is 0.383 e. The first-order chi connectivity index (χ1) is 8.10. The van der Waals surface area contributed by atoms with Crippen LogP contribution in [-0.4, -0.2) is 28.1 Å². The van der Waals surface area contributed by atoms with Crippen molar-refractivity contribution in [3.05, 3.63) is 16.9 Å². The minimum atomic E-state index is -0.900. The van der Waals surface area contributed by atoms with Crippen LogP contribution in [0.25, 0.3) is 0 Å². The SMILES string of the molecule is CCn1ncc(Cl)c1C1(O)CCCC(OC)C1. The van der Waals surface area contributed by atoms with E-state index in [0.717, 1.165) is 25.0 Å². The highest BCUT2D eigenvalue weighted by molar-refractivity contribution is 6.31. The fraction of sp³-hybridized carbons (Fsp3) is 0.750. The smallest absolute Gasteiger partial charge is 0.110 e. The normalized spacial score (nSPS) is 29.5. The number of hydrogen-bond acceptors (Lipinski definition) is 3. The van der Waals surface area contributed by atoms with Crippen LogP contribution in [0, 0.1) is 0 Å². The van der Waals surface area contributed by atoms with E-state index < -0.39 is 5.60 Å². The van der Waals surface area contributed by atoms with Gasteiger partial charge in [-0.3, -0.25) is 4.68 Å². The number of hydrogen-bond donors (Lipinski definition) is 1. The minimum absolute atomic E-state index is 0.102. The van der Waals surface area contributed by atoms with Crippen LogP contribution in [0.1, 0.15) is 38.3 Å². The number of aliphatic hydroxyl groups is 1. The Balaban J connectivity index is 2.33. The van der Waals surface area contributed by atoms with Crippen LogP contribution in [0.2, 0.25) is 5.02 Å². The summed E-state index contributed by atoms with van der Waals surface area (Å²) in [6.07, 6.45) is 4.96. The number of ether oxygens (including phenoxy) is 1. The van der Waals surface area contributed by atoms with Gasteiger partial charge in [0.1, 0.15) is 5.60 Å². The first-order valence-corrected chi connectivity index (χ1v) is 6.45. The third-order valence-electron chi connectivity index (χ3n) is 3.55. The Morgan fingerprint density at radius 1 is 1.71 bits per heavy atom. The molecule has 0 aromatic carbocycles. The first-order valence-electron chi connectivity index (χ1n) is 6.07. The third-order valence-corrected chi connectivity index (χ3v) is 3.83. The van der Waals surface area contributed by atoms with Crippen molar-refractivity contribution in [1.29, 1.82) is 0 Å². The molecule has 0 saturated heterocycles. The predicted octanol–water partition coefficient (Wildman–Crippen LogP) is 2.33. The molecule has 2 rings (SSSR count). The summed E-state index contributed by atoms with van der Waals surface area (Å²) >= 11 is 6.15. The van der Waals surface area contributed by atoms with Crippen molar-refractivity contribution in [3.8, 4) is 0 Å². The summed E-state index contributed by atoms with van der Waals surface area (Å²) < 4.78 is 7.14. The van der Waals surface area contributed by atoms with Crippen LogP contribution in [0.15, 0.2) is 6.20 Å². The van der Waals surface area contributed by atoms with Gasteiger partial charge in [-0.1, -0.05) is 11.6 Å². The number of aryl methyl sites for hydroxylation is 1. The summed E-state index contributed by atoms with van der Waals surface area (Å²) in [6, 6.07) is 0. The molecule has 96 valence electrons. The van der Waals surface area contributed by atoms with E-state index in [-0.39, 0.29) is 6.10 Å². The Morgan fingerprint density at radius 3 is 3.12 bits per heavy atom. The molecule has 1 heterocycles. The zero-order chi connectivity index (χ0) is 12.5. The van der Waals surface area contributed by atoms with Crippen LogP contribution in [0.4, 0.5) is 0 Å². The zero-order valence-electron chi connectivity index (χ0n) is 10.3. The van der Waals surface area contributed by atoms with Gasteiger partial charge in [-0.25, -0.2) is 0 Å². The van der Waals surface area contributed by atoms with E-state index in [1.165, 1.54) is 0 Å². The molecular formula is C12H19ClN2O2. The summed E-state index contributed by atoms with van der Waals surface area (Å²) in [5.41, 5.74) is -0.161. The van der Waals surface area contributed by atoms with Gasteiger partial charge >= 0.3 is 0 Å². The molecule has 2 atom stereocenters. The highest BCUT2D eigenvalue weighted by Gasteiger charge is 2.40. The van der Waals surface area contributed by atoms with Gasteiger partial charge in [-0.05, 0) is 26.2 Å². The number of rotatable bonds is 3. The van der Waals surface area contributed by atoms with Crippen LogP contribution in [0.3, 0.4) is 0 Å². The summed E-state index contributed by atoms with van der Waals surface area (Å²) in [4.78, 5) is 0. The molecule has 0 radical (unpaired) electrons. The predicted molar refractivity (Wildman–Crippen MR) is 66.1 cm³/mol. The molecule has 1 aromatic rings. The minimum Gasteiger partial charge on any atom is -0.383 e. The van der Waals surface area contributed by atoms with Gasteiger partial charge in [0.25, 0.3) is 0 Å². The van der Waals surface area contributed by atoms with Gasteiger partial charge in [-0.2, -0.15) is 5.10 Å². The molecule has 2 unspecified atom stereocenters. The van der Waals surface area contributed by atoms with Gasteiger partial charge in [0, 0.05) is 20.1 Å².